The van der Waals surface area contributed by atoms with Crippen LogP contribution in [0.2, 0.25) is 0 Å². The molecule has 2 aromatic rings. The molecule has 0 saturated heterocycles. The minimum Gasteiger partial charge on any atom is -0.493 e. The number of nitrogens with one attached hydrogen (secondary N) is 1. The van der Waals surface area contributed by atoms with E-state index in [0.29, 0.717) is 34.8 Å². The van der Waals surface area contributed by atoms with Crippen LogP contribution >= 0.6 is 0 Å². The smallest absolute Gasteiger partial charge is 0.258 e. The fourth-order valence-corrected chi connectivity index (χ4v) is 2.27. The lowest BCUT2D eigenvalue weighted by molar-refractivity contribution is -0.129. The Morgan fingerprint density at radius 3 is 2.38 bits per heavy atom. The minimum absolute atomic E-state index is 0.0213. The summed E-state index contributed by atoms with van der Waals surface area (Å²) >= 11 is 0. The third-order valence-electron chi connectivity index (χ3n) is 3.58. The highest BCUT2D eigenvalue weighted by molar-refractivity contribution is 5.81. The zero-order chi connectivity index (χ0) is 17.9. The maximum absolute atomic E-state index is 12.3. The molecule has 130 valence electrons. The predicted molar refractivity (Wildman–Crippen MR) is 90.5 cm³/mol. The van der Waals surface area contributed by atoms with Gasteiger partial charge >= 0.3 is 0 Å². The number of carbonyl (C=O) groups is 1. The van der Waals surface area contributed by atoms with E-state index in [1.165, 1.54) is 19.1 Å². The van der Waals surface area contributed by atoms with Gasteiger partial charge in [-0.05, 0) is 13.1 Å². The number of rotatable bonds is 6. The number of aromatic amines is 1. The number of hydrogen-bond acceptors (Lipinski definition) is 6. The van der Waals surface area contributed by atoms with Crippen molar-refractivity contribution < 1.29 is 14.3 Å². The molecule has 0 saturated carbocycles. The third-order valence-corrected chi connectivity index (χ3v) is 3.58. The summed E-state index contributed by atoms with van der Waals surface area (Å²) in [6, 6.07) is 3.26. The Morgan fingerprint density at radius 1 is 1.17 bits per heavy atom. The summed E-state index contributed by atoms with van der Waals surface area (Å²) in [7, 11) is 8.23. The Balaban J connectivity index is 2.33. The van der Waals surface area contributed by atoms with Crippen molar-refractivity contribution >= 4 is 16.8 Å². The number of amides is 1. The zero-order valence-electron chi connectivity index (χ0n) is 14.5. The second-order valence-electron chi connectivity index (χ2n) is 5.70. The third kappa shape index (κ3) is 3.83. The number of aromatic nitrogens is 2. The van der Waals surface area contributed by atoms with Crippen LogP contribution in [0, 0.1) is 0 Å². The van der Waals surface area contributed by atoms with Gasteiger partial charge in [-0.1, -0.05) is 0 Å². The first kappa shape index (κ1) is 17.7. The van der Waals surface area contributed by atoms with Crippen molar-refractivity contribution in [3.63, 3.8) is 0 Å². The molecule has 1 amide bonds. The van der Waals surface area contributed by atoms with Gasteiger partial charge in [0.15, 0.2) is 11.5 Å². The molecule has 0 spiro atoms. The predicted octanol–water partition coefficient (Wildman–Crippen LogP) is 0.460. The lowest BCUT2D eigenvalue weighted by Gasteiger charge is -2.18. The number of nitrogens with zero attached hydrogens (tertiary/aromatic N) is 3. The molecule has 1 aromatic carbocycles. The molecule has 0 aliphatic heterocycles. The lowest BCUT2D eigenvalue weighted by atomic mass is 10.2. The Kier molecular flexibility index (Phi) is 5.40. The van der Waals surface area contributed by atoms with Crippen LogP contribution in [-0.2, 0) is 11.3 Å². The number of fused-ring (bicyclic) bond motifs is 1. The van der Waals surface area contributed by atoms with Crippen molar-refractivity contribution in [3.8, 4) is 11.5 Å². The molecule has 0 aliphatic carbocycles. The molecule has 2 rings (SSSR count). The molecule has 8 heteroatoms. The molecule has 0 fully saturated rings. The van der Waals surface area contributed by atoms with Crippen molar-refractivity contribution in [2.75, 3.05) is 41.9 Å². The van der Waals surface area contributed by atoms with E-state index in [9.17, 15) is 9.59 Å². The first-order valence-electron chi connectivity index (χ1n) is 7.39. The molecule has 0 radical (unpaired) electrons. The Labute approximate surface area is 140 Å². The molecule has 1 heterocycles. The molecular weight excluding hydrogens is 312 g/mol. The number of methoxy groups -OCH3 is 2. The second-order valence-corrected chi connectivity index (χ2v) is 5.70. The van der Waals surface area contributed by atoms with E-state index in [-0.39, 0.29) is 18.0 Å². The van der Waals surface area contributed by atoms with Crippen LogP contribution < -0.4 is 15.0 Å². The van der Waals surface area contributed by atoms with E-state index in [0.717, 1.165) is 0 Å². The van der Waals surface area contributed by atoms with E-state index in [2.05, 4.69) is 9.97 Å². The summed E-state index contributed by atoms with van der Waals surface area (Å²) in [5.41, 5.74) is 0.252. The van der Waals surface area contributed by atoms with Crippen LogP contribution in [0.3, 0.4) is 0 Å². The van der Waals surface area contributed by atoms with E-state index in [4.69, 9.17) is 9.47 Å². The molecule has 1 aromatic heterocycles. The van der Waals surface area contributed by atoms with Crippen LogP contribution in [0.15, 0.2) is 16.9 Å². The number of benzene rings is 1. The number of H-pyrrole nitrogens is 1. The van der Waals surface area contributed by atoms with E-state index < -0.39 is 0 Å². The van der Waals surface area contributed by atoms with E-state index in [1.54, 1.807) is 38.2 Å². The highest BCUT2D eigenvalue weighted by atomic mass is 16.5. The normalized spacial score (nSPS) is 10.9. The summed E-state index contributed by atoms with van der Waals surface area (Å²) in [6.07, 6.45) is 0. The fraction of sp³-hybridized carbons (Fsp3) is 0.438. The van der Waals surface area contributed by atoms with Gasteiger partial charge < -0.3 is 19.4 Å². The van der Waals surface area contributed by atoms with Gasteiger partial charge in [0.05, 0.1) is 38.2 Å². The van der Waals surface area contributed by atoms with Gasteiger partial charge in [0, 0.05) is 20.2 Å². The lowest BCUT2D eigenvalue weighted by Crippen LogP contribution is -2.34. The van der Waals surface area contributed by atoms with Gasteiger partial charge in [0.2, 0.25) is 5.91 Å². The number of ether oxygens (including phenoxy) is 2. The van der Waals surface area contributed by atoms with Gasteiger partial charge in [-0.3, -0.25) is 14.5 Å². The molecular formula is C16H22N4O4. The van der Waals surface area contributed by atoms with Crippen molar-refractivity contribution in [3.05, 3.63) is 28.3 Å². The monoisotopic (exact) mass is 334 g/mol. The summed E-state index contributed by atoms with van der Waals surface area (Å²) in [6.45, 7) is 0.583. The maximum atomic E-state index is 12.3. The summed E-state index contributed by atoms with van der Waals surface area (Å²) in [4.78, 5) is 34.5. The minimum atomic E-state index is -0.261. The van der Waals surface area contributed by atoms with E-state index in [1.807, 2.05) is 0 Å². The second kappa shape index (κ2) is 7.31. The number of likely N-dealkylation sites (N-methyl/N-ethyl adjacent to an activating group) is 2. The van der Waals surface area contributed by atoms with Crippen LogP contribution in [-0.4, -0.2) is 67.6 Å². The molecule has 8 nitrogen and oxygen atoms in total. The molecule has 0 bridgehead atoms. The molecule has 0 atom stereocenters. The topological polar surface area (TPSA) is 87.8 Å². The molecule has 1 N–H and O–H groups in total. The number of hydrogen-bond donors (Lipinski definition) is 1. The fourth-order valence-electron chi connectivity index (χ4n) is 2.27. The van der Waals surface area contributed by atoms with Gasteiger partial charge in [-0.25, -0.2) is 4.98 Å². The summed E-state index contributed by atoms with van der Waals surface area (Å²) < 4.78 is 10.5. The van der Waals surface area contributed by atoms with Crippen LogP contribution in [0.1, 0.15) is 5.82 Å². The van der Waals surface area contributed by atoms with Gasteiger partial charge in [-0.2, -0.15) is 0 Å². The van der Waals surface area contributed by atoms with Crippen molar-refractivity contribution in [1.29, 1.82) is 0 Å². The Bertz CT molecular complexity index is 800. The van der Waals surface area contributed by atoms with Crippen molar-refractivity contribution in [2.24, 2.45) is 0 Å². The Hall–Kier alpha value is -2.61. The molecule has 0 unspecified atom stereocenters. The summed E-state index contributed by atoms with van der Waals surface area (Å²) in [5.74, 6) is 1.43. The summed E-state index contributed by atoms with van der Waals surface area (Å²) in [5, 5.41) is 0.420. The highest BCUT2D eigenvalue weighted by Gasteiger charge is 2.13. The molecule has 0 aliphatic rings. The first-order valence-corrected chi connectivity index (χ1v) is 7.39. The van der Waals surface area contributed by atoms with Gasteiger partial charge in [0.25, 0.3) is 5.56 Å². The largest absolute Gasteiger partial charge is 0.493 e. The van der Waals surface area contributed by atoms with E-state index >= 15 is 0 Å². The van der Waals surface area contributed by atoms with Crippen molar-refractivity contribution in [1.82, 2.24) is 19.8 Å². The Morgan fingerprint density at radius 2 is 1.79 bits per heavy atom. The van der Waals surface area contributed by atoms with Crippen molar-refractivity contribution in [2.45, 2.75) is 6.54 Å². The zero-order valence-corrected chi connectivity index (χ0v) is 14.5. The molecule has 24 heavy (non-hydrogen) atoms. The maximum Gasteiger partial charge on any atom is 0.258 e. The SMILES string of the molecule is COc1cc2nc(CN(C)CC(=O)N(C)C)[nH]c(=O)c2cc1OC. The van der Waals surface area contributed by atoms with Crippen LogP contribution in [0.25, 0.3) is 10.9 Å². The average molecular weight is 334 g/mol. The van der Waals surface area contributed by atoms with Gasteiger partial charge in [-0.15, -0.1) is 0 Å². The number of carbonyl (C=O) groups excluding carboxylic acids is 1. The standard InChI is InChI=1S/C16H22N4O4/c1-19(2)15(21)9-20(3)8-14-17-11-7-13(24-5)12(23-4)6-10(11)16(22)18-14/h6-7H,8-9H2,1-5H3,(H,17,18,22). The highest BCUT2D eigenvalue weighted by Crippen LogP contribution is 2.29. The average Bonchev–Trinajstić information content (AvgIpc) is 2.53. The van der Waals surface area contributed by atoms with Crippen LogP contribution in [0.5, 0.6) is 11.5 Å². The van der Waals surface area contributed by atoms with Crippen LogP contribution in [0.4, 0.5) is 0 Å². The van der Waals surface area contributed by atoms with Gasteiger partial charge in [0.1, 0.15) is 5.82 Å². The quantitative estimate of drug-likeness (QED) is 0.826. The first-order chi connectivity index (χ1) is 11.3.